The lowest BCUT2D eigenvalue weighted by Gasteiger charge is -2.48. The largest absolute Gasteiger partial charge is 0.487 e. The van der Waals surface area contributed by atoms with Gasteiger partial charge in [0.1, 0.15) is 11.4 Å². The van der Waals surface area contributed by atoms with Crippen molar-refractivity contribution in [1.29, 1.82) is 0 Å². The molecule has 2 heteroatoms. The van der Waals surface area contributed by atoms with Crippen LogP contribution in [0.3, 0.4) is 0 Å². The maximum atomic E-state index is 6.45. The fourth-order valence-electron chi connectivity index (χ4n) is 3.88. The third-order valence-electron chi connectivity index (χ3n) is 4.84. The summed E-state index contributed by atoms with van der Waals surface area (Å²) in [5.74, 6) is 1.70. The maximum Gasteiger partial charge on any atom is 0.124 e. The number of benzene rings is 1. The van der Waals surface area contributed by atoms with E-state index >= 15 is 0 Å². The summed E-state index contributed by atoms with van der Waals surface area (Å²) in [6.07, 6.45) is 7.29. The molecule has 1 aliphatic carbocycles. The predicted octanol–water partition coefficient (Wildman–Crippen LogP) is 3.81. The summed E-state index contributed by atoms with van der Waals surface area (Å²) in [4.78, 5) is 0. The number of fused-ring (bicyclic) bond motifs is 1. The van der Waals surface area contributed by atoms with Crippen LogP contribution in [0.5, 0.6) is 5.75 Å². The van der Waals surface area contributed by atoms with Gasteiger partial charge in [-0.05, 0) is 37.7 Å². The third kappa shape index (κ3) is 1.83. The van der Waals surface area contributed by atoms with Crippen molar-refractivity contribution in [3.63, 3.8) is 0 Å². The van der Waals surface area contributed by atoms with E-state index in [0.29, 0.717) is 5.92 Å². The first-order chi connectivity index (χ1) is 8.75. The quantitative estimate of drug-likeness (QED) is 0.816. The van der Waals surface area contributed by atoms with Crippen LogP contribution in [-0.4, -0.2) is 5.60 Å². The minimum Gasteiger partial charge on any atom is -0.487 e. The van der Waals surface area contributed by atoms with Crippen molar-refractivity contribution in [2.24, 2.45) is 11.7 Å². The van der Waals surface area contributed by atoms with E-state index in [1.165, 1.54) is 37.7 Å². The van der Waals surface area contributed by atoms with Crippen molar-refractivity contribution < 1.29 is 4.74 Å². The summed E-state index contributed by atoms with van der Waals surface area (Å²) < 4.78 is 6.45. The molecule has 3 rings (SSSR count). The van der Waals surface area contributed by atoms with E-state index in [4.69, 9.17) is 10.5 Å². The zero-order chi connectivity index (χ0) is 12.6. The van der Waals surface area contributed by atoms with Gasteiger partial charge >= 0.3 is 0 Å². The van der Waals surface area contributed by atoms with E-state index in [1.54, 1.807) is 0 Å². The summed E-state index contributed by atoms with van der Waals surface area (Å²) in [6.45, 7) is 2.28. The van der Waals surface area contributed by atoms with Crippen LogP contribution in [0.15, 0.2) is 24.3 Å². The summed E-state index contributed by atoms with van der Waals surface area (Å²) in [6, 6.07) is 8.43. The van der Waals surface area contributed by atoms with Gasteiger partial charge in [0.05, 0.1) is 0 Å². The van der Waals surface area contributed by atoms with Gasteiger partial charge in [0.15, 0.2) is 0 Å². The van der Waals surface area contributed by atoms with E-state index in [0.717, 1.165) is 12.2 Å². The molecule has 1 fully saturated rings. The van der Waals surface area contributed by atoms with Crippen molar-refractivity contribution in [2.75, 3.05) is 0 Å². The Morgan fingerprint density at radius 1 is 1.33 bits per heavy atom. The number of nitrogens with two attached hydrogens (primary N) is 1. The van der Waals surface area contributed by atoms with Crippen LogP contribution >= 0.6 is 0 Å². The highest BCUT2D eigenvalue weighted by Gasteiger charge is 2.46. The van der Waals surface area contributed by atoms with Crippen molar-refractivity contribution in [3.8, 4) is 5.75 Å². The molecule has 0 saturated heterocycles. The zero-order valence-corrected chi connectivity index (χ0v) is 11.2. The number of rotatable bonds is 1. The molecule has 2 nitrogen and oxygen atoms in total. The molecule has 0 amide bonds. The Labute approximate surface area is 110 Å². The minimum absolute atomic E-state index is 0.0147. The van der Waals surface area contributed by atoms with E-state index in [9.17, 15) is 0 Å². The molecule has 2 unspecified atom stereocenters. The highest BCUT2D eigenvalue weighted by atomic mass is 16.5. The van der Waals surface area contributed by atoms with Gasteiger partial charge in [0.2, 0.25) is 0 Å². The number of para-hydroxylation sites is 1. The third-order valence-corrected chi connectivity index (χ3v) is 4.84. The summed E-state index contributed by atoms with van der Waals surface area (Å²) >= 11 is 0. The molecule has 1 saturated carbocycles. The molecule has 0 aromatic heterocycles. The minimum atomic E-state index is 0.0147. The summed E-state index contributed by atoms with van der Waals surface area (Å²) in [7, 11) is 0. The first kappa shape index (κ1) is 12.0. The van der Waals surface area contributed by atoms with E-state index in [2.05, 4.69) is 25.1 Å². The van der Waals surface area contributed by atoms with Gasteiger partial charge in [-0.25, -0.2) is 0 Å². The normalized spacial score (nSPS) is 35.0. The van der Waals surface area contributed by atoms with Gasteiger partial charge in [-0.2, -0.15) is 0 Å². The Bertz CT molecular complexity index is 431. The molecule has 0 bridgehead atoms. The Hall–Kier alpha value is -1.02. The first-order valence-corrected chi connectivity index (χ1v) is 7.29. The second-order valence-electron chi connectivity index (χ2n) is 5.87. The lowest BCUT2D eigenvalue weighted by molar-refractivity contribution is -0.0489. The topological polar surface area (TPSA) is 35.2 Å². The van der Waals surface area contributed by atoms with E-state index in [1.807, 2.05) is 6.07 Å². The Balaban J connectivity index is 1.96. The van der Waals surface area contributed by atoms with E-state index in [-0.39, 0.29) is 11.6 Å². The fraction of sp³-hybridized carbons (Fsp3) is 0.625. The highest BCUT2D eigenvalue weighted by molar-refractivity contribution is 5.39. The Morgan fingerprint density at radius 2 is 2.17 bits per heavy atom. The average molecular weight is 245 g/mol. The fourth-order valence-corrected chi connectivity index (χ4v) is 3.88. The second kappa shape index (κ2) is 4.58. The smallest absolute Gasteiger partial charge is 0.124 e. The molecule has 0 radical (unpaired) electrons. The van der Waals surface area contributed by atoms with E-state index < -0.39 is 0 Å². The zero-order valence-electron chi connectivity index (χ0n) is 11.2. The van der Waals surface area contributed by atoms with Gasteiger partial charge in [-0.15, -0.1) is 0 Å². The highest BCUT2D eigenvalue weighted by Crippen LogP contribution is 2.48. The van der Waals surface area contributed by atoms with Gasteiger partial charge in [-0.3, -0.25) is 0 Å². The molecule has 3 atom stereocenters. The van der Waals surface area contributed by atoms with Crippen molar-refractivity contribution in [3.05, 3.63) is 29.8 Å². The molecule has 1 heterocycles. The van der Waals surface area contributed by atoms with Gasteiger partial charge < -0.3 is 10.5 Å². The van der Waals surface area contributed by atoms with Gasteiger partial charge in [-0.1, -0.05) is 31.5 Å². The van der Waals surface area contributed by atoms with Crippen LogP contribution in [-0.2, 0) is 0 Å². The molecule has 18 heavy (non-hydrogen) atoms. The molecular weight excluding hydrogens is 222 g/mol. The van der Waals surface area contributed by atoms with Gasteiger partial charge in [0, 0.05) is 18.0 Å². The Morgan fingerprint density at radius 3 is 3.00 bits per heavy atom. The molecule has 1 aromatic carbocycles. The molecule has 1 aromatic rings. The number of hydrogen-bond acceptors (Lipinski definition) is 2. The van der Waals surface area contributed by atoms with Crippen molar-refractivity contribution in [2.45, 2.75) is 57.1 Å². The lowest BCUT2D eigenvalue weighted by atomic mass is 9.69. The standard InChI is InChI=1S/C16H23NO/c1-2-12-7-5-6-10-16(12)11-14(17)13-8-3-4-9-15(13)18-16/h3-4,8-9,12,14H,2,5-7,10-11,17H2,1H3/t12?,14-,16?/m0/s1. The molecule has 98 valence electrons. The molecule has 2 N–H and O–H groups in total. The monoisotopic (exact) mass is 245 g/mol. The molecular formula is C16H23NO. The number of hydrogen-bond donors (Lipinski definition) is 1. The lowest BCUT2D eigenvalue weighted by Crippen LogP contribution is -2.50. The number of ether oxygens (including phenoxy) is 1. The van der Waals surface area contributed by atoms with Crippen LogP contribution in [0.2, 0.25) is 0 Å². The summed E-state index contributed by atoms with van der Waals surface area (Å²) in [5.41, 5.74) is 7.59. The molecule has 1 aliphatic heterocycles. The van der Waals surface area contributed by atoms with Gasteiger partial charge in [0.25, 0.3) is 0 Å². The summed E-state index contributed by atoms with van der Waals surface area (Å²) in [5, 5.41) is 0. The molecule has 1 spiro atoms. The van der Waals surface area contributed by atoms with Crippen LogP contribution in [0.1, 0.15) is 57.1 Å². The van der Waals surface area contributed by atoms with Crippen LogP contribution < -0.4 is 10.5 Å². The van der Waals surface area contributed by atoms with Crippen LogP contribution in [0.25, 0.3) is 0 Å². The Kier molecular flexibility index (Phi) is 3.06. The SMILES string of the molecule is CCC1CCCCC12C[C@H](N)c1ccccc1O2. The molecule has 2 aliphatic rings. The van der Waals surface area contributed by atoms with Crippen molar-refractivity contribution >= 4 is 0 Å². The maximum absolute atomic E-state index is 6.45. The first-order valence-electron chi connectivity index (χ1n) is 7.29. The predicted molar refractivity (Wildman–Crippen MR) is 73.6 cm³/mol. The second-order valence-corrected chi connectivity index (χ2v) is 5.87. The van der Waals surface area contributed by atoms with Crippen LogP contribution in [0, 0.1) is 5.92 Å². The van der Waals surface area contributed by atoms with Crippen molar-refractivity contribution in [1.82, 2.24) is 0 Å². The van der Waals surface area contributed by atoms with Crippen LogP contribution in [0.4, 0.5) is 0 Å². The average Bonchev–Trinajstić information content (AvgIpc) is 2.39.